The minimum Gasteiger partial charge on any atom is -0.330 e. The predicted molar refractivity (Wildman–Crippen MR) is 82.8 cm³/mol. The van der Waals surface area contributed by atoms with Gasteiger partial charge in [-0.05, 0) is 47.9 Å². The van der Waals surface area contributed by atoms with Crippen molar-refractivity contribution in [2.24, 2.45) is 5.73 Å². The first-order valence-corrected chi connectivity index (χ1v) is 7.41. The summed E-state index contributed by atoms with van der Waals surface area (Å²) < 4.78 is 0. The van der Waals surface area contributed by atoms with Gasteiger partial charge in [0.2, 0.25) is 0 Å². The van der Waals surface area contributed by atoms with Crippen LogP contribution in [0.2, 0.25) is 0 Å². The van der Waals surface area contributed by atoms with Crippen molar-refractivity contribution in [1.29, 1.82) is 0 Å². The maximum atomic E-state index is 6.08. The van der Waals surface area contributed by atoms with Gasteiger partial charge in [-0.2, -0.15) is 0 Å². The highest BCUT2D eigenvalue weighted by atomic mass is 14.6. The van der Waals surface area contributed by atoms with Gasteiger partial charge in [0.1, 0.15) is 0 Å². The van der Waals surface area contributed by atoms with E-state index in [1.54, 1.807) is 0 Å². The lowest BCUT2D eigenvalue weighted by atomic mass is 9.77. The van der Waals surface area contributed by atoms with Crippen LogP contribution in [0.5, 0.6) is 0 Å². The van der Waals surface area contributed by atoms with Crippen LogP contribution in [0.3, 0.4) is 0 Å². The molecule has 1 atom stereocenters. The van der Waals surface area contributed by atoms with E-state index < -0.39 is 0 Å². The topological polar surface area (TPSA) is 38.9 Å². The molecule has 1 aromatic carbocycles. The Hall–Kier alpha value is -1.67. The smallest absolute Gasteiger partial charge is 0.0300 e. The maximum absolute atomic E-state index is 6.08. The van der Waals surface area contributed by atoms with Crippen molar-refractivity contribution >= 4 is 0 Å². The lowest BCUT2D eigenvalue weighted by Gasteiger charge is -2.29. The molecule has 1 fully saturated rings. The number of nitrogens with two attached hydrogens (primary N) is 1. The lowest BCUT2D eigenvalue weighted by Crippen LogP contribution is -2.34. The fourth-order valence-electron chi connectivity index (χ4n) is 2.82. The van der Waals surface area contributed by atoms with Crippen LogP contribution < -0.4 is 5.73 Å². The van der Waals surface area contributed by atoms with Crippen molar-refractivity contribution in [3.63, 3.8) is 0 Å². The van der Waals surface area contributed by atoms with E-state index in [2.05, 4.69) is 42.2 Å². The zero-order valence-electron chi connectivity index (χ0n) is 12.0. The molecule has 1 aliphatic rings. The highest BCUT2D eigenvalue weighted by Gasteiger charge is 2.27. The zero-order valence-corrected chi connectivity index (χ0v) is 12.0. The van der Waals surface area contributed by atoms with Gasteiger partial charge in [0, 0.05) is 24.4 Å². The fourth-order valence-corrected chi connectivity index (χ4v) is 2.82. The third-order valence-corrected chi connectivity index (χ3v) is 4.42. The molecular weight excluding hydrogens is 244 g/mol. The minimum absolute atomic E-state index is 0.0227. The summed E-state index contributed by atoms with van der Waals surface area (Å²) in [5.74, 6) is 0.812. The van der Waals surface area contributed by atoms with E-state index >= 15 is 0 Å². The summed E-state index contributed by atoms with van der Waals surface area (Å²) in [5, 5.41) is 0. The summed E-state index contributed by atoms with van der Waals surface area (Å²) in [6.07, 6.45) is 7.38. The Labute approximate surface area is 121 Å². The molecule has 0 aliphatic heterocycles. The van der Waals surface area contributed by atoms with Crippen LogP contribution in [-0.4, -0.2) is 11.5 Å². The summed E-state index contributed by atoms with van der Waals surface area (Å²) >= 11 is 0. The molecule has 2 aromatic rings. The van der Waals surface area contributed by atoms with Gasteiger partial charge in [-0.15, -0.1) is 0 Å². The van der Waals surface area contributed by atoms with Gasteiger partial charge in [0.25, 0.3) is 0 Å². The molecule has 1 unspecified atom stereocenters. The first-order chi connectivity index (χ1) is 9.71. The standard InChI is InChI=1S/C18H22N2/c1-18(13-19,11-14-3-2-10-20-12-14)17-8-6-16(7-9-17)15-4-5-15/h2-3,6-10,12,15H,4-5,11,13,19H2,1H3. The van der Waals surface area contributed by atoms with Gasteiger partial charge in [0.15, 0.2) is 0 Å². The van der Waals surface area contributed by atoms with Crippen LogP contribution in [0.25, 0.3) is 0 Å². The molecule has 1 heterocycles. The van der Waals surface area contributed by atoms with Crippen molar-refractivity contribution in [2.75, 3.05) is 6.54 Å². The molecule has 3 rings (SSSR count). The second kappa shape index (κ2) is 5.37. The van der Waals surface area contributed by atoms with Crippen molar-refractivity contribution in [3.05, 3.63) is 65.5 Å². The Morgan fingerprint density at radius 1 is 1.20 bits per heavy atom. The SMILES string of the molecule is CC(CN)(Cc1cccnc1)c1ccc(C2CC2)cc1. The van der Waals surface area contributed by atoms with Gasteiger partial charge in [-0.3, -0.25) is 4.98 Å². The highest BCUT2D eigenvalue weighted by molar-refractivity contribution is 5.34. The first-order valence-electron chi connectivity index (χ1n) is 7.41. The van der Waals surface area contributed by atoms with Crippen LogP contribution in [0, 0.1) is 0 Å². The molecule has 0 radical (unpaired) electrons. The number of rotatable bonds is 5. The van der Waals surface area contributed by atoms with E-state index in [9.17, 15) is 0 Å². The molecule has 2 nitrogen and oxygen atoms in total. The number of hydrogen-bond acceptors (Lipinski definition) is 2. The number of nitrogens with zero attached hydrogens (tertiary/aromatic N) is 1. The maximum Gasteiger partial charge on any atom is 0.0300 e. The minimum atomic E-state index is -0.0227. The monoisotopic (exact) mass is 266 g/mol. The Morgan fingerprint density at radius 2 is 1.95 bits per heavy atom. The molecule has 0 amide bonds. The quantitative estimate of drug-likeness (QED) is 0.900. The van der Waals surface area contributed by atoms with E-state index in [-0.39, 0.29) is 5.41 Å². The average molecular weight is 266 g/mol. The number of aromatic nitrogens is 1. The Kier molecular flexibility index (Phi) is 3.58. The van der Waals surface area contributed by atoms with Crippen LogP contribution in [0.4, 0.5) is 0 Å². The van der Waals surface area contributed by atoms with Crippen molar-refractivity contribution < 1.29 is 0 Å². The van der Waals surface area contributed by atoms with Crippen LogP contribution in [0.1, 0.15) is 42.4 Å². The molecule has 2 heteroatoms. The molecular formula is C18H22N2. The molecule has 2 N–H and O–H groups in total. The van der Waals surface area contributed by atoms with E-state index in [4.69, 9.17) is 5.73 Å². The summed E-state index contributed by atoms with van der Waals surface area (Å²) in [6.45, 7) is 2.89. The van der Waals surface area contributed by atoms with Crippen molar-refractivity contribution in [2.45, 2.75) is 37.5 Å². The van der Waals surface area contributed by atoms with Crippen LogP contribution in [-0.2, 0) is 11.8 Å². The molecule has 0 saturated heterocycles. The van der Waals surface area contributed by atoms with Crippen molar-refractivity contribution in [3.8, 4) is 0 Å². The average Bonchev–Trinajstić information content (AvgIpc) is 3.33. The van der Waals surface area contributed by atoms with E-state index in [0.717, 1.165) is 12.3 Å². The zero-order chi connectivity index (χ0) is 14.0. The number of benzene rings is 1. The summed E-state index contributed by atoms with van der Waals surface area (Å²) in [6, 6.07) is 13.2. The Balaban J connectivity index is 1.83. The second-order valence-electron chi connectivity index (χ2n) is 6.20. The first kappa shape index (κ1) is 13.3. The molecule has 0 spiro atoms. The number of pyridine rings is 1. The van der Waals surface area contributed by atoms with Crippen LogP contribution >= 0.6 is 0 Å². The van der Waals surface area contributed by atoms with Gasteiger partial charge >= 0.3 is 0 Å². The molecule has 1 aliphatic carbocycles. The van der Waals surface area contributed by atoms with Gasteiger partial charge in [-0.1, -0.05) is 37.3 Å². The van der Waals surface area contributed by atoms with Crippen LogP contribution in [0.15, 0.2) is 48.8 Å². The van der Waals surface area contributed by atoms with E-state index in [1.807, 2.05) is 18.5 Å². The lowest BCUT2D eigenvalue weighted by molar-refractivity contribution is 0.480. The highest BCUT2D eigenvalue weighted by Crippen LogP contribution is 2.40. The Morgan fingerprint density at radius 3 is 2.50 bits per heavy atom. The normalized spacial score (nSPS) is 17.7. The third-order valence-electron chi connectivity index (χ3n) is 4.42. The summed E-state index contributed by atoms with van der Waals surface area (Å²) in [5.41, 5.74) is 10.1. The molecule has 0 bridgehead atoms. The Bertz CT molecular complexity index is 558. The van der Waals surface area contributed by atoms with E-state index in [1.165, 1.54) is 29.5 Å². The number of hydrogen-bond donors (Lipinski definition) is 1. The fraction of sp³-hybridized carbons (Fsp3) is 0.389. The van der Waals surface area contributed by atoms with Gasteiger partial charge in [0.05, 0.1) is 0 Å². The largest absolute Gasteiger partial charge is 0.330 e. The second-order valence-corrected chi connectivity index (χ2v) is 6.20. The molecule has 1 aromatic heterocycles. The van der Waals surface area contributed by atoms with E-state index in [0.29, 0.717) is 6.54 Å². The van der Waals surface area contributed by atoms with Gasteiger partial charge < -0.3 is 5.73 Å². The molecule has 20 heavy (non-hydrogen) atoms. The summed E-state index contributed by atoms with van der Waals surface area (Å²) in [7, 11) is 0. The molecule has 104 valence electrons. The third kappa shape index (κ3) is 2.75. The predicted octanol–water partition coefficient (Wildman–Crippen LogP) is 3.42. The summed E-state index contributed by atoms with van der Waals surface area (Å²) in [4.78, 5) is 4.20. The van der Waals surface area contributed by atoms with Crippen molar-refractivity contribution in [1.82, 2.24) is 4.98 Å². The molecule has 1 saturated carbocycles. The van der Waals surface area contributed by atoms with Gasteiger partial charge in [-0.25, -0.2) is 0 Å².